The molecule has 2 aliphatic heterocycles. The number of para-hydroxylation sites is 1. The minimum Gasteiger partial charge on any atom is -0.462 e. The number of carbonyl (C=O) groups excluding carboxylic acids is 2. The van der Waals surface area contributed by atoms with Crippen LogP contribution in [-0.2, 0) is 11.2 Å². The van der Waals surface area contributed by atoms with Crippen molar-refractivity contribution in [1.29, 1.82) is 0 Å². The molecule has 116 valence electrons. The zero-order chi connectivity index (χ0) is 16.0. The summed E-state index contributed by atoms with van der Waals surface area (Å²) in [5.74, 6) is -0.852. The van der Waals surface area contributed by atoms with Gasteiger partial charge in [0, 0.05) is 5.56 Å². The fourth-order valence-corrected chi connectivity index (χ4v) is 2.98. The predicted molar refractivity (Wildman–Crippen MR) is 80.9 cm³/mol. The SMILES string of the molecule is CCOC(=O)c1ccc2c(c1)CC1(O2)Oc2ccccc2C1=O. The molecule has 4 rings (SSSR count). The highest BCUT2D eigenvalue weighted by Crippen LogP contribution is 2.44. The van der Waals surface area contributed by atoms with Gasteiger partial charge in [0.25, 0.3) is 5.78 Å². The number of ketones is 1. The van der Waals surface area contributed by atoms with E-state index in [0.29, 0.717) is 29.2 Å². The third kappa shape index (κ3) is 2.00. The number of fused-ring (bicyclic) bond motifs is 2. The summed E-state index contributed by atoms with van der Waals surface area (Å²) in [4.78, 5) is 24.5. The van der Waals surface area contributed by atoms with E-state index in [2.05, 4.69) is 0 Å². The van der Waals surface area contributed by atoms with Gasteiger partial charge in [-0.25, -0.2) is 4.79 Å². The van der Waals surface area contributed by atoms with Gasteiger partial charge in [-0.2, -0.15) is 0 Å². The molecular weight excluding hydrogens is 296 g/mol. The maximum absolute atomic E-state index is 12.7. The number of hydrogen-bond acceptors (Lipinski definition) is 5. The number of esters is 1. The molecule has 2 aromatic carbocycles. The number of ether oxygens (including phenoxy) is 3. The normalized spacial score (nSPS) is 20.7. The van der Waals surface area contributed by atoms with Crippen molar-refractivity contribution >= 4 is 11.8 Å². The molecule has 2 heterocycles. The van der Waals surface area contributed by atoms with Gasteiger partial charge < -0.3 is 14.2 Å². The van der Waals surface area contributed by atoms with E-state index in [-0.39, 0.29) is 12.2 Å². The van der Waals surface area contributed by atoms with Gasteiger partial charge in [0.15, 0.2) is 0 Å². The van der Waals surface area contributed by atoms with Crippen molar-refractivity contribution in [3.8, 4) is 11.5 Å². The lowest BCUT2D eigenvalue weighted by Gasteiger charge is -2.20. The molecular formula is C18H14O5. The number of benzene rings is 2. The molecule has 1 spiro atoms. The van der Waals surface area contributed by atoms with Gasteiger partial charge in [0.05, 0.1) is 24.2 Å². The average Bonchev–Trinajstić information content (AvgIpc) is 3.05. The third-order valence-corrected chi connectivity index (χ3v) is 4.02. The zero-order valence-electron chi connectivity index (χ0n) is 12.5. The van der Waals surface area contributed by atoms with Gasteiger partial charge in [0.2, 0.25) is 0 Å². The average molecular weight is 310 g/mol. The first-order chi connectivity index (χ1) is 11.1. The van der Waals surface area contributed by atoms with Crippen molar-refractivity contribution in [2.45, 2.75) is 19.1 Å². The molecule has 0 aromatic heterocycles. The molecule has 0 saturated heterocycles. The number of Topliss-reactive ketones (excluding diaryl/α,β-unsaturated/α-hetero) is 1. The van der Waals surface area contributed by atoms with Gasteiger partial charge >= 0.3 is 11.8 Å². The van der Waals surface area contributed by atoms with E-state index >= 15 is 0 Å². The van der Waals surface area contributed by atoms with Crippen LogP contribution in [-0.4, -0.2) is 24.1 Å². The van der Waals surface area contributed by atoms with Gasteiger partial charge in [-0.05, 0) is 37.3 Å². The van der Waals surface area contributed by atoms with E-state index in [0.717, 1.165) is 5.56 Å². The Morgan fingerprint density at radius 2 is 1.96 bits per heavy atom. The summed E-state index contributed by atoms with van der Waals surface area (Å²) >= 11 is 0. The van der Waals surface area contributed by atoms with Crippen molar-refractivity contribution < 1.29 is 23.8 Å². The summed E-state index contributed by atoms with van der Waals surface area (Å²) in [6.07, 6.45) is 0.267. The summed E-state index contributed by atoms with van der Waals surface area (Å²) in [5, 5.41) is 0. The molecule has 0 bridgehead atoms. The predicted octanol–water partition coefficient (Wildman–Crippen LogP) is 2.77. The van der Waals surface area contributed by atoms with E-state index in [1.54, 1.807) is 43.3 Å². The molecule has 0 fully saturated rings. The van der Waals surface area contributed by atoms with E-state index in [4.69, 9.17) is 14.2 Å². The summed E-state index contributed by atoms with van der Waals surface area (Å²) in [6.45, 7) is 2.07. The Kier molecular flexibility index (Phi) is 2.91. The lowest BCUT2D eigenvalue weighted by atomic mass is 10.00. The summed E-state index contributed by atoms with van der Waals surface area (Å²) in [6, 6.07) is 12.1. The molecule has 0 radical (unpaired) electrons. The van der Waals surface area contributed by atoms with Crippen LogP contribution in [0.3, 0.4) is 0 Å². The molecule has 1 atom stereocenters. The molecule has 0 amide bonds. The summed E-state index contributed by atoms with van der Waals surface area (Å²) in [5.41, 5.74) is 1.72. The first-order valence-electron chi connectivity index (χ1n) is 7.45. The largest absolute Gasteiger partial charge is 0.462 e. The van der Waals surface area contributed by atoms with Crippen molar-refractivity contribution in [1.82, 2.24) is 0 Å². The van der Waals surface area contributed by atoms with Gasteiger partial charge in [0.1, 0.15) is 11.5 Å². The summed E-state index contributed by atoms with van der Waals surface area (Å²) < 4.78 is 16.6. The highest BCUT2D eigenvalue weighted by atomic mass is 16.7. The fourth-order valence-electron chi connectivity index (χ4n) is 2.98. The topological polar surface area (TPSA) is 61.8 Å². The van der Waals surface area contributed by atoms with Crippen LogP contribution >= 0.6 is 0 Å². The second kappa shape index (κ2) is 4.84. The van der Waals surface area contributed by atoms with Crippen molar-refractivity contribution in [2.75, 3.05) is 6.61 Å². The number of rotatable bonds is 2. The maximum Gasteiger partial charge on any atom is 0.338 e. The first-order valence-corrected chi connectivity index (χ1v) is 7.45. The van der Waals surface area contributed by atoms with Gasteiger partial charge in [-0.3, -0.25) is 4.79 Å². The van der Waals surface area contributed by atoms with Crippen LogP contribution in [0.4, 0.5) is 0 Å². The van der Waals surface area contributed by atoms with Crippen LogP contribution in [0.2, 0.25) is 0 Å². The second-order valence-electron chi connectivity index (χ2n) is 5.50. The Morgan fingerprint density at radius 1 is 1.17 bits per heavy atom. The molecule has 5 nitrogen and oxygen atoms in total. The standard InChI is InChI=1S/C18H14O5/c1-2-21-17(20)11-7-8-14-12(9-11)10-18(22-14)16(19)13-5-3-4-6-15(13)23-18/h3-9H,2,10H2,1H3. The molecule has 23 heavy (non-hydrogen) atoms. The van der Waals surface area contributed by atoms with Crippen molar-refractivity contribution in [3.63, 3.8) is 0 Å². The molecule has 0 aliphatic carbocycles. The maximum atomic E-state index is 12.7. The van der Waals surface area contributed by atoms with Crippen LogP contribution in [0, 0.1) is 0 Å². The zero-order valence-corrected chi connectivity index (χ0v) is 12.5. The van der Waals surface area contributed by atoms with E-state index in [9.17, 15) is 9.59 Å². The lowest BCUT2D eigenvalue weighted by Crippen LogP contribution is -2.44. The Hall–Kier alpha value is -2.82. The summed E-state index contributed by atoms with van der Waals surface area (Å²) in [7, 11) is 0. The lowest BCUT2D eigenvalue weighted by molar-refractivity contribution is -0.0531. The van der Waals surface area contributed by atoms with Crippen LogP contribution < -0.4 is 9.47 Å². The van der Waals surface area contributed by atoms with Crippen LogP contribution in [0.1, 0.15) is 33.2 Å². The number of carbonyl (C=O) groups is 2. The van der Waals surface area contributed by atoms with E-state index in [1.165, 1.54) is 0 Å². The monoisotopic (exact) mass is 310 g/mol. The van der Waals surface area contributed by atoms with Gasteiger partial charge in [-0.1, -0.05) is 12.1 Å². The quantitative estimate of drug-likeness (QED) is 0.798. The fraction of sp³-hybridized carbons (Fsp3) is 0.222. The number of hydrogen-bond donors (Lipinski definition) is 0. The Labute approximate surface area is 132 Å². The van der Waals surface area contributed by atoms with Crippen molar-refractivity contribution in [2.24, 2.45) is 0 Å². The second-order valence-corrected chi connectivity index (χ2v) is 5.50. The molecule has 0 N–H and O–H groups in total. The Morgan fingerprint density at radius 3 is 2.74 bits per heavy atom. The molecule has 2 aliphatic rings. The Balaban J connectivity index is 1.67. The van der Waals surface area contributed by atoms with Crippen LogP contribution in [0.15, 0.2) is 42.5 Å². The Bertz CT molecular complexity index is 826. The third-order valence-electron chi connectivity index (χ3n) is 4.02. The van der Waals surface area contributed by atoms with Gasteiger partial charge in [-0.15, -0.1) is 0 Å². The molecule has 5 heteroatoms. The molecule has 1 unspecified atom stereocenters. The van der Waals surface area contributed by atoms with Crippen molar-refractivity contribution in [3.05, 3.63) is 59.2 Å². The van der Waals surface area contributed by atoms with Crippen LogP contribution in [0.5, 0.6) is 11.5 Å². The molecule has 2 aromatic rings. The first kappa shape index (κ1) is 13.8. The van der Waals surface area contributed by atoms with E-state index < -0.39 is 11.8 Å². The minimum atomic E-state index is -1.35. The van der Waals surface area contributed by atoms with Crippen LogP contribution in [0.25, 0.3) is 0 Å². The highest BCUT2D eigenvalue weighted by Gasteiger charge is 2.54. The highest BCUT2D eigenvalue weighted by molar-refractivity contribution is 6.07. The molecule has 0 saturated carbocycles. The minimum absolute atomic E-state index is 0.193. The van der Waals surface area contributed by atoms with E-state index in [1.807, 2.05) is 6.07 Å². The smallest absolute Gasteiger partial charge is 0.338 e.